The van der Waals surface area contributed by atoms with Crippen LogP contribution >= 0.6 is 0 Å². The standard InChI is InChI=1S/C18H23N5/c1-4-10-18(5-2,14-11-13(3)17(19)20-12-14)23-16-9-7-6-8-15(16)21-22-23/h6-9,11-12H,4-5,10H2,1-3H3,(H2,19,20). The number of pyridine rings is 1. The number of rotatable bonds is 5. The van der Waals surface area contributed by atoms with Crippen LogP contribution in [0.15, 0.2) is 36.5 Å². The van der Waals surface area contributed by atoms with Gasteiger partial charge in [0.15, 0.2) is 0 Å². The van der Waals surface area contributed by atoms with Crippen LogP contribution in [-0.4, -0.2) is 20.0 Å². The molecule has 2 N–H and O–H groups in total. The highest BCUT2D eigenvalue weighted by Gasteiger charge is 2.34. The van der Waals surface area contributed by atoms with Crippen LogP contribution in [0.5, 0.6) is 0 Å². The zero-order valence-corrected chi connectivity index (χ0v) is 14.0. The molecule has 0 radical (unpaired) electrons. The van der Waals surface area contributed by atoms with Gasteiger partial charge < -0.3 is 5.73 Å². The van der Waals surface area contributed by atoms with Crippen LogP contribution in [0.25, 0.3) is 11.0 Å². The fourth-order valence-corrected chi connectivity index (χ4v) is 3.34. The summed E-state index contributed by atoms with van der Waals surface area (Å²) in [5.74, 6) is 0.582. The highest BCUT2D eigenvalue weighted by molar-refractivity contribution is 5.74. The van der Waals surface area contributed by atoms with Crippen LogP contribution in [0, 0.1) is 6.92 Å². The van der Waals surface area contributed by atoms with Crippen molar-refractivity contribution in [3.63, 3.8) is 0 Å². The number of aromatic nitrogens is 4. The Labute approximate surface area is 136 Å². The average Bonchev–Trinajstić information content (AvgIpc) is 3.00. The van der Waals surface area contributed by atoms with Crippen LogP contribution in [0.2, 0.25) is 0 Å². The number of benzene rings is 1. The van der Waals surface area contributed by atoms with E-state index in [4.69, 9.17) is 5.73 Å². The SMILES string of the molecule is CCCC(CC)(c1cnc(N)c(C)c1)n1nnc2ccccc21. The highest BCUT2D eigenvalue weighted by Crippen LogP contribution is 2.36. The van der Waals surface area contributed by atoms with Gasteiger partial charge in [0.05, 0.1) is 11.1 Å². The zero-order valence-electron chi connectivity index (χ0n) is 14.0. The first-order valence-corrected chi connectivity index (χ1v) is 8.16. The lowest BCUT2D eigenvalue weighted by Gasteiger charge is -2.34. The number of nitrogens with two attached hydrogens (primary N) is 1. The van der Waals surface area contributed by atoms with Gasteiger partial charge in [-0.2, -0.15) is 0 Å². The predicted molar refractivity (Wildman–Crippen MR) is 93.2 cm³/mol. The molecule has 5 nitrogen and oxygen atoms in total. The van der Waals surface area contributed by atoms with Gasteiger partial charge in [0, 0.05) is 6.20 Å². The average molecular weight is 309 g/mol. The molecule has 5 heteroatoms. The maximum Gasteiger partial charge on any atom is 0.126 e. The number of hydrogen-bond acceptors (Lipinski definition) is 4. The third kappa shape index (κ3) is 2.46. The van der Waals surface area contributed by atoms with Crippen molar-refractivity contribution in [3.8, 4) is 0 Å². The van der Waals surface area contributed by atoms with Crippen LogP contribution in [-0.2, 0) is 5.54 Å². The van der Waals surface area contributed by atoms with Gasteiger partial charge in [-0.15, -0.1) is 5.10 Å². The molecule has 120 valence electrons. The van der Waals surface area contributed by atoms with Crippen molar-refractivity contribution in [1.29, 1.82) is 0 Å². The molecular weight excluding hydrogens is 286 g/mol. The first-order valence-electron chi connectivity index (χ1n) is 8.16. The third-order valence-corrected chi connectivity index (χ3v) is 4.66. The van der Waals surface area contributed by atoms with E-state index in [1.165, 1.54) is 0 Å². The quantitative estimate of drug-likeness (QED) is 0.780. The van der Waals surface area contributed by atoms with Crippen LogP contribution in [0.4, 0.5) is 5.82 Å². The maximum absolute atomic E-state index is 5.91. The van der Waals surface area contributed by atoms with Crippen LogP contribution in [0.1, 0.15) is 44.2 Å². The smallest absolute Gasteiger partial charge is 0.126 e. The largest absolute Gasteiger partial charge is 0.383 e. The van der Waals surface area contributed by atoms with Gasteiger partial charge >= 0.3 is 0 Å². The van der Waals surface area contributed by atoms with Crippen molar-refractivity contribution in [2.75, 3.05) is 5.73 Å². The minimum atomic E-state index is -0.254. The predicted octanol–water partition coefficient (Wildman–Crippen LogP) is 3.67. The number of aryl methyl sites for hydroxylation is 1. The summed E-state index contributed by atoms with van der Waals surface area (Å²) >= 11 is 0. The first kappa shape index (κ1) is 15.5. The molecule has 1 atom stereocenters. The van der Waals surface area contributed by atoms with E-state index in [0.717, 1.165) is 41.4 Å². The molecule has 0 spiro atoms. The summed E-state index contributed by atoms with van der Waals surface area (Å²) in [7, 11) is 0. The summed E-state index contributed by atoms with van der Waals surface area (Å²) < 4.78 is 2.07. The molecule has 23 heavy (non-hydrogen) atoms. The second kappa shape index (κ2) is 5.99. The fraction of sp³-hybridized carbons (Fsp3) is 0.389. The van der Waals surface area contributed by atoms with Crippen molar-refractivity contribution in [1.82, 2.24) is 20.0 Å². The third-order valence-electron chi connectivity index (χ3n) is 4.66. The van der Waals surface area contributed by atoms with Crippen molar-refractivity contribution >= 4 is 16.9 Å². The van der Waals surface area contributed by atoms with Gasteiger partial charge in [0.1, 0.15) is 11.3 Å². The highest BCUT2D eigenvalue weighted by atomic mass is 15.5. The number of anilines is 1. The monoisotopic (exact) mass is 309 g/mol. The Kier molecular flexibility index (Phi) is 4.03. The van der Waals surface area contributed by atoms with Crippen molar-refractivity contribution in [2.24, 2.45) is 0 Å². The number of fused-ring (bicyclic) bond motifs is 1. The molecule has 1 aromatic carbocycles. The van der Waals surface area contributed by atoms with E-state index in [0.29, 0.717) is 5.82 Å². The molecule has 0 aliphatic rings. The molecule has 0 aliphatic heterocycles. The molecule has 0 aliphatic carbocycles. The van der Waals surface area contributed by atoms with Gasteiger partial charge in [-0.25, -0.2) is 9.67 Å². The summed E-state index contributed by atoms with van der Waals surface area (Å²) in [6.07, 6.45) is 4.82. The maximum atomic E-state index is 5.91. The number of nitrogens with zero attached hydrogens (tertiary/aromatic N) is 4. The van der Waals surface area contributed by atoms with Crippen molar-refractivity contribution in [3.05, 3.63) is 47.7 Å². The van der Waals surface area contributed by atoms with Crippen LogP contribution in [0.3, 0.4) is 0 Å². The number of para-hydroxylation sites is 1. The molecule has 0 bridgehead atoms. The summed E-state index contributed by atoms with van der Waals surface area (Å²) in [5, 5.41) is 8.84. The van der Waals surface area contributed by atoms with E-state index in [-0.39, 0.29) is 5.54 Å². The Hall–Kier alpha value is -2.43. The summed E-state index contributed by atoms with van der Waals surface area (Å²) in [6, 6.07) is 10.2. The molecular formula is C18H23N5. The van der Waals surface area contributed by atoms with E-state index in [1.54, 1.807) is 0 Å². The van der Waals surface area contributed by atoms with Gasteiger partial charge in [0.25, 0.3) is 0 Å². The molecule has 3 aromatic rings. The minimum Gasteiger partial charge on any atom is -0.383 e. The Bertz CT molecular complexity index is 823. The summed E-state index contributed by atoms with van der Waals surface area (Å²) in [5.41, 5.74) is 9.77. The van der Waals surface area contributed by atoms with E-state index < -0.39 is 0 Å². The van der Waals surface area contributed by atoms with Crippen LogP contribution < -0.4 is 5.73 Å². The lowest BCUT2D eigenvalue weighted by atomic mass is 9.83. The molecule has 0 amide bonds. The van der Waals surface area contributed by atoms with E-state index in [9.17, 15) is 0 Å². The molecule has 1 unspecified atom stereocenters. The first-order chi connectivity index (χ1) is 11.1. The molecule has 0 saturated heterocycles. The Balaban J connectivity index is 2.26. The molecule has 2 heterocycles. The van der Waals surface area contributed by atoms with E-state index in [1.807, 2.05) is 31.3 Å². The van der Waals surface area contributed by atoms with Gasteiger partial charge in [0.2, 0.25) is 0 Å². The minimum absolute atomic E-state index is 0.254. The Morgan fingerprint density at radius 2 is 2.00 bits per heavy atom. The number of nitrogen functional groups attached to an aromatic ring is 1. The van der Waals surface area contributed by atoms with Gasteiger partial charge in [-0.05, 0) is 49.1 Å². The van der Waals surface area contributed by atoms with Crippen molar-refractivity contribution < 1.29 is 0 Å². The molecule has 0 fully saturated rings. The Morgan fingerprint density at radius 3 is 2.70 bits per heavy atom. The Morgan fingerprint density at radius 1 is 1.22 bits per heavy atom. The van der Waals surface area contributed by atoms with Crippen molar-refractivity contribution in [2.45, 2.75) is 45.6 Å². The van der Waals surface area contributed by atoms with Gasteiger partial charge in [-0.1, -0.05) is 37.6 Å². The topological polar surface area (TPSA) is 69.6 Å². The lowest BCUT2D eigenvalue weighted by molar-refractivity contribution is 0.285. The fourth-order valence-electron chi connectivity index (χ4n) is 3.34. The summed E-state index contributed by atoms with van der Waals surface area (Å²) in [6.45, 7) is 6.39. The molecule has 0 saturated carbocycles. The van der Waals surface area contributed by atoms with E-state index >= 15 is 0 Å². The summed E-state index contributed by atoms with van der Waals surface area (Å²) in [4.78, 5) is 4.38. The molecule has 2 aromatic heterocycles. The lowest BCUT2D eigenvalue weighted by Crippen LogP contribution is -2.35. The second-order valence-corrected chi connectivity index (χ2v) is 6.05. The number of hydrogen-bond donors (Lipinski definition) is 1. The zero-order chi connectivity index (χ0) is 16.4. The van der Waals surface area contributed by atoms with E-state index in [2.05, 4.69) is 46.0 Å². The normalized spacial score (nSPS) is 14.0. The van der Waals surface area contributed by atoms with Gasteiger partial charge in [-0.3, -0.25) is 0 Å². The second-order valence-electron chi connectivity index (χ2n) is 6.05. The molecule has 3 rings (SSSR count).